The molecule has 0 aromatic heterocycles. The lowest BCUT2D eigenvalue weighted by Crippen LogP contribution is -1.99. The maximum absolute atomic E-state index is 4.15. The zero-order valence-electron chi connectivity index (χ0n) is 11.0. The third-order valence-electron chi connectivity index (χ3n) is 3.03. The minimum Gasteiger partial charge on any atom is -0.296 e. The van der Waals surface area contributed by atoms with E-state index in [1.54, 1.807) is 0 Å². The molecule has 1 rings (SSSR count). The maximum Gasteiger partial charge on any atom is 0.0284 e. The molecule has 0 fully saturated rings. The first-order valence-electron chi connectivity index (χ1n) is 6.21. The molecule has 0 saturated heterocycles. The van der Waals surface area contributed by atoms with Crippen LogP contribution in [0.25, 0.3) is 0 Å². The summed E-state index contributed by atoms with van der Waals surface area (Å²) in [6.45, 7) is 6.69. The molecule has 0 aliphatic carbocycles. The number of hydrogen-bond donors (Lipinski definition) is 0. The molecule has 0 N–H and O–H groups in total. The maximum atomic E-state index is 4.15. The first-order chi connectivity index (χ1) is 7.69. The number of aliphatic imine (C=N–C) groups is 1. The smallest absolute Gasteiger partial charge is 0.0284 e. The van der Waals surface area contributed by atoms with Crippen LogP contribution in [0.15, 0.2) is 23.2 Å². The highest BCUT2D eigenvalue weighted by atomic mass is 14.6. The predicted molar refractivity (Wildman–Crippen MR) is 72.6 cm³/mol. The van der Waals surface area contributed by atoms with Gasteiger partial charge in [0.05, 0.1) is 0 Å². The van der Waals surface area contributed by atoms with Crippen LogP contribution >= 0.6 is 0 Å². The van der Waals surface area contributed by atoms with Gasteiger partial charge in [-0.15, -0.1) is 0 Å². The van der Waals surface area contributed by atoms with E-state index in [1.165, 1.54) is 36.0 Å². The Morgan fingerprint density at radius 2 is 2.12 bits per heavy atom. The highest BCUT2D eigenvalue weighted by molar-refractivity contribution is 5.82. The molecule has 1 unspecified atom stereocenters. The van der Waals surface area contributed by atoms with Gasteiger partial charge in [-0.2, -0.15) is 0 Å². The van der Waals surface area contributed by atoms with E-state index in [1.807, 2.05) is 13.3 Å². The Labute approximate surface area is 99.6 Å². The van der Waals surface area contributed by atoms with Crippen molar-refractivity contribution in [3.63, 3.8) is 0 Å². The molecule has 0 aliphatic rings. The van der Waals surface area contributed by atoms with Crippen molar-refractivity contribution in [2.75, 3.05) is 7.05 Å². The van der Waals surface area contributed by atoms with E-state index in [4.69, 9.17) is 0 Å². The van der Waals surface area contributed by atoms with Crippen LogP contribution in [-0.4, -0.2) is 13.3 Å². The summed E-state index contributed by atoms with van der Waals surface area (Å²) in [6, 6.07) is 6.68. The Balaban J connectivity index is 2.93. The SMILES string of the molecule is CCCCC(C)c1ccc(C)cc1C=NC. The molecule has 1 aromatic carbocycles. The summed E-state index contributed by atoms with van der Waals surface area (Å²) in [7, 11) is 1.84. The summed E-state index contributed by atoms with van der Waals surface area (Å²) >= 11 is 0. The van der Waals surface area contributed by atoms with E-state index in [2.05, 4.69) is 44.0 Å². The summed E-state index contributed by atoms with van der Waals surface area (Å²) < 4.78 is 0. The van der Waals surface area contributed by atoms with Gasteiger partial charge < -0.3 is 0 Å². The average Bonchev–Trinajstić information content (AvgIpc) is 2.26. The fraction of sp³-hybridized carbons (Fsp3) is 0.533. The molecule has 1 nitrogen and oxygen atoms in total. The largest absolute Gasteiger partial charge is 0.296 e. The fourth-order valence-corrected chi connectivity index (χ4v) is 2.06. The first kappa shape index (κ1) is 13.0. The van der Waals surface area contributed by atoms with E-state index in [0.29, 0.717) is 5.92 Å². The second-order valence-corrected chi connectivity index (χ2v) is 4.56. The number of aryl methyl sites for hydroxylation is 1. The zero-order chi connectivity index (χ0) is 12.0. The topological polar surface area (TPSA) is 12.4 Å². The van der Waals surface area contributed by atoms with Gasteiger partial charge in [-0.05, 0) is 30.4 Å². The quantitative estimate of drug-likeness (QED) is 0.651. The molecule has 0 aliphatic heterocycles. The van der Waals surface area contributed by atoms with Gasteiger partial charge in [-0.25, -0.2) is 0 Å². The molecule has 0 radical (unpaired) electrons. The van der Waals surface area contributed by atoms with E-state index in [-0.39, 0.29) is 0 Å². The third-order valence-corrected chi connectivity index (χ3v) is 3.03. The standard InChI is InChI=1S/C15H23N/c1-5-6-7-13(3)15-9-8-12(2)10-14(15)11-16-4/h8-11,13H,5-7H2,1-4H3. The Kier molecular flexibility index (Phi) is 5.24. The number of benzene rings is 1. The van der Waals surface area contributed by atoms with Crippen LogP contribution < -0.4 is 0 Å². The summed E-state index contributed by atoms with van der Waals surface area (Å²) in [5, 5.41) is 0. The Morgan fingerprint density at radius 1 is 1.38 bits per heavy atom. The third kappa shape index (κ3) is 3.48. The lowest BCUT2D eigenvalue weighted by Gasteiger charge is -2.14. The molecule has 0 bridgehead atoms. The van der Waals surface area contributed by atoms with Crippen molar-refractivity contribution in [1.82, 2.24) is 0 Å². The van der Waals surface area contributed by atoms with Gasteiger partial charge in [0.15, 0.2) is 0 Å². The number of nitrogens with zero attached hydrogens (tertiary/aromatic N) is 1. The van der Waals surface area contributed by atoms with Crippen molar-refractivity contribution in [1.29, 1.82) is 0 Å². The van der Waals surface area contributed by atoms with Gasteiger partial charge in [0.2, 0.25) is 0 Å². The van der Waals surface area contributed by atoms with Crippen molar-refractivity contribution < 1.29 is 0 Å². The molecule has 0 saturated carbocycles. The van der Waals surface area contributed by atoms with Crippen molar-refractivity contribution in [3.8, 4) is 0 Å². The highest BCUT2D eigenvalue weighted by Gasteiger charge is 2.09. The molecule has 1 atom stereocenters. The summed E-state index contributed by atoms with van der Waals surface area (Å²) in [5.74, 6) is 0.633. The fourth-order valence-electron chi connectivity index (χ4n) is 2.06. The average molecular weight is 217 g/mol. The van der Waals surface area contributed by atoms with E-state index >= 15 is 0 Å². The van der Waals surface area contributed by atoms with Gasteiger partial charge in [0, 0.05) is 13.3 Å². The molecular weight excluding hydrogens is 194 g/mol. The Morgan fingerprint density at radius 3 is 2.75 bits per heavy atom. The molecule has 88 valence electrons. The van der Waals surface area contributed by atoms with Crippen LogP contribution in [0.5, 0.6) is 0 Å². The van der Waals surface area contributed by atoms with Crippen LogP contribution in [0.3, 0.4) is 0 Å². The molecule has 1 heteroatoms. The van der Waals surface area contributed by atoms with Crippen molar-refractivity contribution >= 4 is 6.21 Å². The second-order valence-electron chi connectivity index (χ2n) is 4.56. The lowest BCUT2D eigenvalue weighted by atomic mass is 9.91. The summed E-state index contributed by atoms with van der Waals surface area (Å²) in [6.07, 6.45) is 5.82. The first-order valence-corrected chi connectivity index (χ1v) is 6.21. The molecule has 16 heavy (non-hydrogen) atoms. The van der Waals surface area contributed by atoms with Gasteiger partial charge in [-0.1, -0.05) is 50.5 Å². The van der Waals surface area contributed by atoms with Gasteiger partial charge in [0.1, 0.15) is 0 Å². The Hall–Kier alpha value is -1.11. The zero-order valence-corrected chi connectivity index (χ0v) is 11.0. The van der Waals surface area contributed by atoms with Gasteiger partial charge in [0.25, 0.3) is 0 Å². The van der Waals surface area contributed by atoms with E-state index in [9.17, 15) is 0 Å². The number of rotatable bonds is 5. The minimum atomic E-state index is 0.633. The monoisotopic (exact) mass is 217 g/mol. The van der Waals surface area contributed by atoms with Crippen molar-refractivity contribution in [2.24, 2.45) is 4.99 Å². The number of hydrogen-bond acceptors (Lipinski definition) is 1. The predicted octanol–water partition coefficient (Wildman–Crippen LogP) is 4.34. The van der Waals surface area contributed by atoms with E-state index < -0.39 is 0 Å². The Bertz CT molecular complexity index is 352. The van der Waals surface area contributed by atoms with Gasteiger partial charge >= 0.3 is 0 Å². The summed E-state index contributed by atoms with van der Waals surface area (Å²) in [4.78, 5) is 4.15. The van der Waals surface area contributed by atoms with Crippen LogP contribution in [-0.2, 0) is 0 Å². The van der Waals surface area contributed by atoms with Crippen molar-refractivity contribution in [3.05, 3.63) is 34.9 Å². The van der Waals surface area contributed by atoms with Crippen LogP contribution in [0.1, 0.15) is 55.7 Å². The second kappa shape index (κ2) is 6.47. The molecular formula is C15H23N. The molecule has 0 spiro atoms. The normalized spacial score (nSPS) is 13.2. The summed E-state index contributed by atoms with van der Waals surface area (Å²) in [5.41, 5.74) is 4.03. The van der Waals surface area contributed by atoms with Crippen LogP contribution in [0, 0.1) is 6.92 Å². The molecule has 1 aromatic rings. The number of unbranched alkanes of at least 4 members (excludes halogenated alkanes) is 1. The van der Waals surface area contributed by atoms with Gasteiger partial charge in [-0.3, -0.25) is 4.99 Å². The van der Waals surface area contributed by atoms with Crippen LogP contribution in [0.4, 0.5) is 0 Å². The molecule has 0 heterocycles. The van der Waals surface area contributed by atoms with Crippen LogP contribution in [0.2, 0.25) is 0 Å². The lowest BCUT2D eigenvalue weighted by molar-refractivity contribution is 0.624. The van der Waals surface area contributed by atoms with E-state index in [0.717, 1.165) is 0 Å². The minimum absolute atomic E-state index is 0.633. The molecule has 0 amide bonds. The highest BCUT2D eigenvalue weighted by Crippen LogP contribution is 2.24. The van der Waals surface area contributed by atoms with Crippen molar-refractivity contribution in [2.45, 2.75) is 46.0 Å².